The van der Waals surface area contributed by atoms with Crippen molar-refractivity contribution in [1.82, 2.24) is 0 Å². The van der Waals surface area contributed by atoms with Gasteiger partial charge in [0, 0.05) is 24.2 Å². The fourth-order valence-corrected chi connectivity index (χ4v) is 3.93. The van der Waals surface area contributed by atoms with Gasteiger partial charge in [0.15, 0.2) is 0 Å². The highest BCUT2D eigenvalue weighted by atomic mass is 16.5. The number of esters is 1. The van der Waals surface area contributed by atoms with Crippen LogP contribution in [0, 0.1) is 11.3 Å². The molecule has 27 heavy (non-hydrogen) atoms. The number of carbonyl (C=O) groups excluding carboxylic acids is 2. The van der Waals surface area contributed by atoms with Gasteiger partial charge < -0.3 is 9.84 Å². The van der Waals surface area contributed by atoms with Crippen LogP contribution in [0.4, 0.5) is 0 Å². The number of ketones is 1. The number of methoxy groups -OCH3 is 1. The molecule has 0 aromatic heterocycles. The molecule has 0 radical (unpaired) electrons. The summed E-state index contributed by atoms with van der Waals surface area (Å²) in [6, 6.07) is 0. The van der Waals surface area contributed by atoms with Crippen molar-refractivity contribution in [2.45, 2.75) is 104 Å². The normalized spacial score (nSPS) is 21.6. The zero-order valence-corrected chi connectivity index (χ0v) is 17.9. The molecule has 1 fully saturated rings. The summed E-state index contributed by atoms with van der Waals surface area (Å²) in [4.78, 5) is 23.7. The van der Waals surface area contributed by atoms with Gasteiger partial charge in [0.1, 0.15) is 5.78 Å². The van der Waals surface area contributed by atoms with Gasteiger partial charge in [-0.2, -0.15) is 0 Å². The van der Waals surface area contributed by atoms with Crippen LogP contribution in [0.3, 0.4) is 0 Å². The first-order valence-electron chi connectivity index (χ1n) is 10.8. The summed E-state index contributed by atoms with van der Waals surface area (Å²) in [5.41, 5.74) is 1.02. The summed E-state index contributed by atoms with van der Waals surface area (Å²) in [7, 11) is 1.42. The van der Waals surface area contributed by atoms with Gasteiger partial charge in [0.05, 0.1) is 13.2 Å². The van der Waals surface area contributed by atoms with Crippen molar-refractivity contribution < 1.29 is 19.4 Å². The monoisotopic (exact) mass is 380 g/mol. The lowest BCUT2D eigenvalue weighted by atomic mass is 9.81. The van der Waals surface area contributed by atoms with Crippen LogP contribution in [0.15, 0.2) is 11.6 Å². The van der Waals surface area contributed by atoms with E-state index in [0.29, 0.717) is 18.6 Å². The predicted molar refractivity (Wildman–Crippen MR) is 109 cm³/mol. The molecule has 0 aromatic carbocycles. The summed E-state index contributed by atoms with van der Waals surface area (Å²) >= 11 is 0. The average molecular weight is 381 g/mol. The highest BCUT2D eigenvalue weighted by Crippen LogP contribution is 2.36. The molecule has 1 saturated carbocycles. The maximum absolute atomic E-state index is 12.6. The standard InChI is InChI=1S/C23H40O4/c1-5-6-17-23(2,3)21(25)16-14-18-13-15-20(24)19(18)11-9-7-8-10-12-22(26)27-4/h14,19-20,24H,5-13,15-17H2,1-4H3/t19-,20-/m1/s1. The van der Waals surface area contributed by atoms with E-state index in [9.17, 15) is 14.7 Å². The second-order valence-electron chi connectivity index (χ2n) is 8.64. The first-order valence-corrected chi connectivity index (χ1v) is 10.8. The van der Waals surface area contributed by atoms with Crippen molar-refractivity contribution >= 4 is 11.8 Å². The van der Waals surface area contributed by atoms with Crippen LogP contribution >= 0.6 is 0 Å². The van der Waals surface area contributed by atoms with Crippen LogP contribution in [-0.4, -0.2) is 30.1 Å². The number of carbonyl (C=O) groups is 2. The molecule has 156 valence electrons. The number of ether oxygens (including phenoxy) is 1. The van der Waals surface area contributed by atoms with Crippen molar-refractivity contribution in [2.75, 3.05) is 7.11 Å². The van der Waals surface area contributed by atoms with E-state index in [1.165, 1.54) is 12.7 Å². The number of allylic oxidation sites excluding steroid dienone is 1. The second-order valence-corrected chi connectivity index (χ2v) is 8.64. The number of aliphatic hydroxyl groups excluding tert-OH is 1. The summed E-state index contributed by atoms with van der Waals surface area (Å²) in [5.74, 6) is 0.376. The predicted octanol–water partition coefficient (Wildman–Crippen LogP) is 5.37. The number of Topliss-reactive ketones (excluding diaryl/α,β-unsaturated/α-hetero) is 1. The second kappa shape index (κ2) is 12.3. The Morgan fingerprint density at radius 1 is 1.19 bits per heavy atom. The number of hydrogen-bond acceptors (Lipinski definition) is 4. The van der Waals surface area contributed by atoms with Crippen molar-refractivity contribution in [3.63, 3.8) is 0 Å². The summed E-state index contributed by atoms with van der Waals surface area (Å²) in [6.07, 6.45) is 12.7. The SMILES string of the molecule is CCCCC(C)(C)C(=O)CC=C1CC[C@@H](O)[C@@H]1CCCCCCC(=O)OC. The quantitative estimate of drug-likeness (QED) is 0.265. The van der Waals surface area contributed by atoms with Crippen LogP contribution in [-0.2, 0) is 14.3 Å². The molecular formula is C23H40O4. The Hall–Kier alpha value is -1.16. The number of hydrogen-bond donors (Lipinski definition) is 1. The molecule has 0 spiro atoms. The molecule has 1 N–H and O–H groups in total. The van der Waals surface area contributed by atoms with Gasteiger partial charge in [0.2, 0.25) is 0 Å². The molecule has 4 heteroatoms. The molecule has 0 aromatic rings. The third kappa shape index (κ3) is 8.59. The van der Waals surface area contributed by atoms with E-state index in [0.717, 1.165) is 64.2 Å². The van der Waals surface area contributed by atoms with E-state index >= 15 is 0 Å². The Bertz CT molecular complexity index is 493. The lowest BCUT2D eigenvalue weighted by Crippen LogP contribution is -2.23. The largest absolute Gasteiger partial charge is 0.469 e. The highest BCUT2D eigenvalue weighted by molar-refractivity contribution is 5.85. The van der Waals surface area contributed by atoms with Gasteiger partial charge in [-0.15, -0.1) is 0 Å². The van der Waals surface area contributed by atoms with Crippen LogP contribution in [0.25, 0.3) is 0 Å². The Labute approximate surface area is 165 Å². The van der Waals surface area contributed by atoms with Crippen LogP contribution < -0.4 is 0 Å². The van der Waals surface area contributed by atoms with E-state index in [4.69, 9.17) is 0 Å². The Kier molecular flexibility index (Phi) is 10.9. The minimum Gasteiger partial charge on any atom is -0.469 e. The minimum atomic E-state index is -0.269. The number of aliphatic hydroxyl groups is 1. The Balaban J connectivity index is 2.42. The first kappa shape index (κ1) is 23.9. The third-order valence-electron chi connectivity index (χ3n) is 6.00. The molecule has 0 saturated heterocycles. The lowest BCUT2D eigenvalue weighted by molar-refractivity contribution is -0.140. The van der Waals surface area contributed by atoms with E-state index < -0.39 is 0 Å². The van der Waals surface area contributed by atoms with Gasteiger partial charge in [0.25, 0.3) is 0 Å². The summed E-state index contributed by atoms with van der Waals surface area (Å²) in [6.45, 7) is 6.26. The zero-order valence-electron chi connectivity index (χ0n) is 17.9. The highest BCUT2D eigenvalue weighted by Gasteiger charge is 2.30. The van der Waals surface area contributed by atoms with E-state index in [1.807, 2.05) is 0 Å². The first-order chi connectivity index (χ1) is 12.8. The van der Waals surface area contributed by atoms with Gasteiger partial charge >= 0.3 is 5.97 Å². The fourth-order valence-electron chi connectivity index (χ4n) is 3.93. The van der Waals surface area contributed by atoms with Gasteiger partial charge in [-0.3, -0.25) is 9.59 Å². The molecule has 0 bridgehead atoms. The van der Waals surface area contributed by atoms with Crippen molar-refractivity contribution in [1.29, 1.82) is 0 Å². The maximum Gasteiger partial charge on any atom is 0.305 e. The summed E-state index contributed by atoms with van der Waals surface area (Å²) in [5, 5.41) is 10.3. The van der Waals surface area contributed by atoms with Crippen molar-refractivity contribution in [3.8, 4) is 0 Å². The van der Waals surface area contributed by atoms with Crippen LogP contribution in [0.1, 0.15) is 97.8 Å². The van der Waals surface area contributed by atoms with Crippen molar-refractivity contribution in [2.24, 2.45) is 11.3 Å². The van der Waals surface area contributed by atoms with E-state index in [-0.39, 0.29) is 23.4 Å². The Morgan fingerprint density at radius 3 is 2.56 bits per heavy atom. The lowest BCUT2D eigenvalue weighted by Gasteiger charge is -2.22. The molecule has 0 unspecified atom stereocenters. The van der Waals surface area contributed by atoms with Crippen LogP contribution in [0.2, 0.25) is 0 Å². The number of unbranched alkanes of at least 4 members (excludes halogenated alkanes) is 4. The molecule has 0 heterocycles. The molecular weight excluding hydrogens is 340 g/mol. The number of rotatable bonds is 13. The van der Waals surface area contributed by atoms with Gasteiger partial charge in [-0.1, -0.05) is 64.5 Å². The molecule has 2 atom stereocenters. The average Bonchev–Trinajstić information content (AvgIpc) is 3.00. The summed E-state index contributed by atoms with van der Waals surface area (Å²) < 4.78 is 4.65. The molecule has 0 amide bonds. The maximum atomic E-state index is 12.6. The zero-order chi connectivity index (χ0) is 20.3. The molecule has 1 rings (SSSR count). The molecule has 4 nitrogen and oxygen atoms in total. The topological polar surface area (TPSA) is 63.6 Å². The van der Waals surface area contributed by atoms with Gasteiger partial charge in [-0.25, -0.2) is 0 Å². The molecule has 1 aliphatic carbocycles. The Morgan fingerprint density at radius 2 is 1.89 bits per heavy atom. The van der Waals surface area contributed by atoms with Crippen molar-refractivity contribution in [3.05, 3.63) is 11.6 Å². The van der Waals surface area contributed by atoms with E-state index in [1.54, 1.807) is 0 Å². The van der Waals surface area contributed by atoms with Gasteiger partial charge in [-0.05, 0) is 32.1 Å². The van der Waals surface area contributed by atoms with Crippen LogP contribution in [0.5, 0.6) is 0 Å². The van der Waals surface area contributed by atoms with E-state index in [2.05, 4.69) is 31.6 Å². The fraction of sp³-hybridized carbons (Fsp3) is 0.826. The molecule has 0 aliphatic heterocycles. The molecule has 1 aliphatic rings. The smallest absolute Gasteiger partial charge is 0.305 e. The third-order valence-corrected chi connectivity index (χ3v) is 6.00. The minimum absolute atomic E-state index is 0.141.